The van der Waals surface area contributed by atoms with Crippen molar-refractivity contribution in [1.29, 1.82) is 0 Å². The van der Waals surface area contributed by atoms with E-state index in [1.54, 1.807) is 42.9 Å². The second kappa shape index (κ2) is 9.34. The Hall–Kier alpha value is -2.99. The molecule has 0 aromatic carbocycles. The lowest BCUT2D eigenvalue weighted by molar-refractivity contribution is -0.105. The fourth-order valence-electron chi connectivity index (χ4n) is 1.95. The smallest absolute Gasteiger partial charge is 0.212 e. The molecule has 0 aliphatic carbocycles. The third kappa shape index (κ3) is 6.56. The second-order valence-corrected chi connectivity index (χ2v) is 5.44. The van der Waals surface area contributed by atoms with Crippen molar-refractivity contribution in [3.05, 3.63) is 71.4 Å². The molecule has 3 rings (SSSR count). The first-order valence-electron chi connectivity index (χ1n) is 7.42. The van der Waals surface area contributed by atoms with Gasteiger partial charge in [-0.15, -0.1) is 0 Å². The number of carbonyl (C=O) groups is 1. The van der Waals surface area contributed by atoms with Crippen LogP contribution in [-0.2, 0) is 4.79 Å². The Morgan fingerprint density at radius 2 is 1.84 bits per heavy atom. The molecule has 0 saturated carbocycles. The molecule has 3 heterocycles. The highest BCUT2D eigenvalue weighted by Crippen LogP contribution is 2.23. The van der Waals surface area contributed by atoms with Gasteiger partial charge in [-0.1, -0.05) is 17.7 Å². The van der Waals surface area contributed by atoms with Gasteiger partial charge in [0.1, 0.15) is 17.3 Å². The number of hydrogen-bond acceptors (Lipinski definition) is 5. The van der Waals surface area contributed by atoms with E-state index >= 15 is 0 Å². The van der Waals surface area contributed by atoms with Crippen LogP contribution >= 0.6 is 11.6 Å². The fourth-order valence-corrected chi connectivity index (χ4v) is 2.11. The minimum atomic E-state index is 0.556. The lowest BCUT2D eigenvalue weighted by atomic mass is 10.3. The molecule has 0 aliphatic heterocycles. The van der Waals surface area contributed by atoms with E-state index in [4.69, 9.17) is 16.3 Å². The maximum Gasteiger partial charge on any atom is 0.212 e. The van der Waals surface area contributed by atoms with Crippen LogP contribution < -0.4 is 10.1 Å². The Balaban J connectivity index is 0.000000212. The van der Waals surface area contributed by atoms with Crippen LogP contribution in [0.1, 0.15) is 11.4 Å². The third-order valence-electron chi connectivity index (χ3n) is 2.84. The van der Waals surface area contributed by atoms with Gasteiger partial charge in [0.15, 0.2) is 0 Å². The van der Waals surface area contributed by atoms with Gasteiger partial charge >= 0.3 is 0 Å². The van der Waals surface area contributed by atoms with Gasteiger partial charge in [-0.3, -0.25) is 14.8 Å². The average molecular weight is 357 g/mol. The zero-order chi connectivity index (χ0) is 18.1. The van der Waals surface area contributed by atoms with Crippen molar-refractivity contribution >= 4 is 23.8 Å². The lowest BCUT2D eigenvalue weighted by Gasteiger charge is -2.06. The molecule has 1 amide bonds. The predicted molar refractivity (Wildman–Crippen MR) is 97.0 cm³/mol. The maximum absolute atomic E-state index is 9.82. The van der Waals surface area contributed by atoms with Gasteiger partial charge in [0.05, 0.1) is 11.2 Å². The third-order valence-corrected chi connectivity index (χ3v) is 3.05. The van der Waals surface area contributed by atoms with Crippen molar-refractivity contribution < 1.29 is 9.53 Å². The van der Waals surface area contributed by atoms with Crippen LogP contribution in [0.25, 0.3) is 0 Å². The van der Waals surface area contributed by atoms with Crippen molar-refractivity contribution in [1.82, 2.24) is 15.0 Å². The van der Waals surface area contributed by atoms with E-state index in [0.717, 1.165) is 17.1 Å². The molecule has 0 bridgehead atoms. The monoisotopic (exact) mass is 356 g/mol. The number of aromatic nitrogens is 3. The maximum atomic E-state index is 9.82. The highest BCUT2D eigenvalue weighted by atomic mass is 35.5. The first kappa shape index (κ1) is 18.4. The predicted octanol–water partition coefficient (Wildman–Crippen LogP) is 4.19. The Kier molecular flexibility index (Phi) is 6.86. The van der Waals surface area contributed by atoms with Crippen LogP contribution in [-0.4, -0.2) is 21.4 Å². The molecule has 0 aliphatic rings. The standard InChI is InChI=1S/C12H11ClN2O.C6H6N2O/c1-8-3-11(4-9(2)15-8)16-12-5-10(13)6-14-7-12;9-5-8-6-3-1-2-4-7-6/h3-7H,1-2H3;1-5H,(H,7,8,9). The minimum Gasteiger partial charge on any atom is -0.456 e. The lowest BCUT2D eigenvalue weighted by Crippen LogP contribution is -1.94. The van der Waals surface area contributed by atoms with Crippen molar-refractivity contribution in [2.24, 2.45) is 0 Å². The van der Waals surface area contributed by atoms with Crippen LogP contribution in [0, 0.1) is 13.8 Å². The van der Waals surface area contributed by atoms with E-state index < -0.39 is 0 Å². The number of anilines is 1. The molecule has 6 nitrogen and oxygen atoms in total. The summed E-state index contributed by atoms with van der Waals surface area (Å²) in [6.45, 7) is 3.85. The van der Waals surface area contributed by atoms with E-state index in [9.17, 15) is 4.79 Å². The van der Waals surface area contributed by atoms with E-state index in [2.05, 4.69) is 20.3 Å². The van der Waals surface area contributed by atoms with Gasteiger partial charge in [-0.25, -0.2) is 4.98 Å². The van der Waals surface area contributed by atoms with E-state index in [-0.39, 0.29) is 0 Å². The highest BCUT2D eigenvalue weighted by Gasteiger charge is 2.01. The first-order chi connectivity index (χ1) is 12.1. The molecule has 1 N–H and O–H groups in total. The van der Waals surface area contributed by atoms with Crippen LogP contribution in [0.4, 0.5) is 5.82 Å². The number of nitrogens with one attached hydrogen (secondary N) is 1. The zero-order valence-electron chi connectivity index (χ0n) is 13.8. The summed E-state index contributed by atoms with van der Waals surface area (Å²) in [5, 5.41) is 2.97. The number of carbonyl (C=O) groups excluding carboxylic acids is 1. The van der Waals surface area contributed by atoms with E-state index in [0.29, 0.717) is 23.0 Å². The van der Waals surface area contributed by atoms with Crippen molar-refractivity contribution in [2.75, 3.05) is 5.32 Å². The van der Waals surface area contributed by atoms with Gasteiger partial charge in [0.25, 0.3) is 0 Å². The largest absolute Gasteiger partial charge is 0.456 e. The molecule has 0 fully saturated rings. The molecule has 25 heavy (non-hydrogen) atoms. The zero-order valence-corrected chi connectivity index (χ0v) is 14.6. The quantitative estimate of drug-likeness (QED) is 0.709. The molecule has 0 atom stereocenters. The van der Waals surface area contributed by atoms with E-state index in [1.807, 2.05) is 26.0 Å². The number of aryl methyl sites for hydroxylation is 2. The van der Waals surface area contributed by atoms with Crippen LogP contribution in [0.5, 0.6) is 11.5 Å². The molecule has 3 aromatic heterocycles. The van der Waals surface area contributed by atoms with Crippen molar-refractivity contribution in [2.45, 2.75) is 13.8 Å². The summed E-state index contributed by atoms with van der Waals surface area (Å²) in [5.74, 6) is 1.94. The molecule has 128 valence electrons. The highest BCUT2D eigenvalue weighted by molar-refractivity contribution is 6.30. The van der Waals surface area contributed by atoms with Gasteiger partial charge in [-0.05, 0) is 26.0 Å². The van der Waals surface area contributed by atoms with Gasteiger partial charge in [-0.2, -0.15) is 0 Å². The Bertz CT molecular complexity index is 808. The van der Waals surface area contributed by atoms with Gasteiger partial charge in [0.2, 0.25) is 6.41 Å². The Morgan fingerprint density at radius 3 is 2.44 bits per heavy atom. The van der Waals surface area contributed by atoms with Crippen LogP contribution in [0.2, 0.25) is 5.02 Å². The summed E-state index contributed by atoms with van der Waals surface area (Å²) in [4.78, 5) is 21.9. The number of amides is 1. The molecule has 0 saturated heterocycles. The summed E-state index contributed by atoms with van der Waals surface area (Å²) < 4.78 is 5.63. The molecule has 3 aromatic rings. The SMILES string of the molecule is Cc1cc(Oc2cncc(Cl)c2)cc(C)n1.O=CNc1ccccn1. The number of halogens is 1. The van der Waals surface area contributed by atoms with Crippen molar-refractivity contribution in [3.63, 3.8) is 0 Å². The molecule has 7 heteroatoms. The van der Waals surface area contributed by atoms with Gasteiger partial charge < -0.3 is 10.1 Å². The number of nitrogens with zero attached hydrogens (tertiary/aromatic N) is 3. The summed E-state index contributed by atoms with van der Waals surface area (Å²) in [6.07, 6.45) is 5.41. The topological polar surface area (TPSA) is 77.0 Å². The van der Waals surface area contributed by atoms with Gasteiger partial charge in [0, 0.05) is 42.0 Å². The summed E-state index contributed by atoms with van der Waals surface area (Å²) in [5.41, 5.74) is 1.84. The molecular formula is C18H17ClN4O2. The van der Waals surface area contributed by atoms with Crippen molar-refractivity contribution in [3.8, 4) is 11.5 Å². The molecule has 0 spiro atoms. The molecule has 0 radical (unpaired) electrons. The first-order valence-corrected chi connectivity index (χ1v) is 7.79. The fraction of sp³-hybridized carbons (Fsp3) is 0.111. The van der Waals surface area contributed by atoms with Crippen LogP contribution in [0.3, 0.4) is 0 Å². The average Bonchev–Trinajstić information content (AvgIpc) is 2.56. The number of ether oxygens (including phenoxy) is 1. The minimum absolute atomic E-state index is 0.556. The number of rotatable bonds is 4. The normalized spacial score (nSPS) is 9.56. The summed E-state index contributed by atoms with van der Waals surface area (Å²) >= 11 is 5.82. The molecular weight excluding hydrogens is 340 g/mol. The second-order valence-electron chi connectivity index (χ2n) is 5.00. The Morgan fingerprint density at radius 1 is 1.08 bits per heavy atom. The number of hydrogen-bond donors (Lipinski definition) is 1. The number of pyridine rings is 3. The molecule has 0 unspecified atom stereocenters. The Labute approximate surface area is 150 Å². The summed E-state index contributed by atoms with van der Waals surface area (Å²) in [7, 11) is 0. The summed E-state index contributed by atoms with van der Waals surface area (Å²) in [6, 6.07) is 10.8. The van der Waals surface area contributed by atoms with Crippen LogP contribution in [0.15, 0.2) is 55.0 Å². The van der Waals surface area contributed by atoms with E-state index in [1.165, 1.54) is 0 Å².